The van der Waals surface area contributed by atoms with Gasteiger partial charge >= 0.3 is 17.9 Å². The minimum absolute atomic E-state index is 0.0498. The lowest BCUT2D eigenvalue weighted by atomic mass is 10.1. The topological polar surface area (TPSA) is 78.9 Å². The van der Waals surface area contributed by atoms with Crippen LogP contribution >= 0.6 is 0 Å². The van der Waals surface area contributed by atoms with Crippen LogP contribution in [0.2, 0.25) is 0 Å². The molecule has 140 valence electrons. The van der Waals surface area contributed by atoms with Gasteiger partial charge in [0.2, 0.25) is 6.10 Å². The Morgan fingerprint density at radius 3 is 2.04 bits per heavy atom. The number of hydrogen-bond donors (Lipinski definition) is 0. The smallest absolute Gasteiger partial charge is 0.347 e. The van der Waals surface area contributed by atoms with Crippen LogP contribution in [-0.2, 0) is 28.6 Å². The van der Waals surface area contributed by atoms with Gasteiger partial charge in [-0.25, -0.2) is 4.79 Å². The lowest BCUT2D eigenvalue weighted by Gasteiger charge is -2.11. The molecule has 3 unspecified atom stereocenters. The van der Waals surface area contributed by atoms with Crippen LogP contribution in [0, 0.1) is 17.8 Å². The number of rotatable bonds is 7. The maximum Gasteiger partial charge on any atom is 0.347 e. The molecule has 24 heavy (non-hydrogen) atoms. The van der Waals surface area contributed by atoms with E-state index in [1.165, 1.54) is 0 Å². The molecule has 0 amide bonds. The Hall–Kier alpha value is -1.59. The summed E-state index contributed by atoms with van der Waals surface area (Å²) >= 11 is 0. The van der Waals surface area contributed by atoms with Crippen molar-refractivity contribution in [2.24, 2.45) is 17.8 Å². The van der Waals surface area contributed by atoms with Crippen LogP contribution in [0.15, 0.2) is 0 Å². The molecule has 1 aliphatic heterocycles. The van der Waals surface area contributed by atoms with Gasteiger partial charge in [-0.3, -0.25) is 9.59 Å². The molecule has 1 rings (SSSR count). The summed E-state index contributed by atoms with van der Waals surface area (Å²) in [5, 5.41) is 0. The first kappa shape index (κ1) is 22.4. The first-order chi connectivity index (χ1) is 11.2. The average Bonchev–Trinajstić information content (AvgIpc) is 2.96. The maximum atomic E-state index is 11.2. The van der Waals surface area contributed by atoms with Crippen LogP contribution in [0.5, 0.6) is 0 Å². The second-order valence-corrected chi connectivity index (χ2v) is 6.52. The molecule has 6 heteroatoms. The fourth-order valence-electron chi connectivity index (χ4n) is 1.57. The Morgan fingerprint density at radius 2 is 1.62 bits per heavy atom. The molecule has 1 aliphatic rings. The summed E-state index contributed by atoms with van der Waals surface area (Å²) < 4.78 is 14.6. The van der Waals surface area contributed by atoms with E-state index in [1.54, 1.807) is 6.92 Å². The van der Waals surface area contributed by atoms with Crippen molar-refractivity contribution in [1.82, 2.24) is 0 Å². The minimum Gasteiger partial charge on any atom is -0.465 e. The van der Waals surface area contributed by atoms with Gasteiger partial charge in [-0.1, -0.05) is 41.5 Å². The number of carbonyl (C=O) groups is 3. The lowest BCUT2D eigenvalue weighted by molar-refractivity contribution is -0.162. The van der Waals surface area contributed by atoms with Crippen molar-refractivity contribution < 1.29 is 28.6 Å². The van der Waals surface area contributed by atoms with Crippen molar-refractivity contribution in [3.05, 3.63) is 0 Å². The summed E-state index contributed by atoms with van der Waals surface area (Å²) in [6.45, 7) is 12.5. The molecule has 1 heterocycles. The van der Waals surface area contributed by atoms with Gasteiger partial charge in [0, 0.05) is 6.42 Å². The molecule has 3 atom stereocenters. The highest BCUT2D eigenvalue weighted by molar-refractivity contribution is 5.81. The van der Waals surface area contributed by atoms with E-state index in [2.05, 4.69) is 4.74 Å². The summed E-state index contributed by atoms with van der Waals surface area (Å²) in [6, 6.07) is 0. The van der Waals surface area contributed by atoms with Crippen LogP contribution in [0.4, 0.5) is 0 Å². The van der Waals surface area contributed by atoms with Crippen molar-refractivity contribution >= 4 is 17.9 Å². The number of ether oxygens (including phenoxy) is 3. The van der Waals surface area contributed by atoms with Crippen molar-refractivity contribution in [3.63, 3.8) is 0 Å². The van der Waals surface area contributed by atoms with Crippen LogP contribution < -0.4 is 0 Å². The van der Waals surface area contributed by atoms with Gasteiger partial charge in [0.1, 0.15) is 0 Å². The Morgan fingerprint density at radius 1 is 1.08 bits per heavy atom. The van der Waals surface area contributed by atoms with Gasteiger partial charge in [-0.15, -0.1) is 0 Å². The monoisotopic (exact) mass is 344 g/mol. The minimum atomic E-state index is -0.665. The molecule has 0 saturated carbocycles. The summed E-state index contributed by atoms with van der Waals surface area (Å²) in [7, 11) is 0. The van der Waals surface area contributed by atoms with Crippen molar-refractivity contribution in [2.75, 3.05) is 13.2 Å². The second kappa shape index (κ2) is 11.9. The molecule has 0 aromatic heterocycles. The van der Waals surface area contributed by atoms with Crippen molar-refractivity contribution in [3.8, 4) is 0 Å². The SMILES string of the molecule is CCC(C)C(=O)OC1CCOC1=O.CCC(C)C(=O)OCC(C)C. The molecular weight excluding hydrogens is 312 g/mol. The van der Waals surface area contributed by atoms with Crippen LogP contribution in [0.25, 0.3) is 0 Å². The normalized spacial score (nSPS) is 19.0. The summed E-state index contributed by atoms with van der Waals surface area (Å²) in [6.07, 6.45) is 1.40. The quantitative estimate of drug-likeness (QED) is 0.521. The van der Waals surface area contributed by atoms with Gasteiger partial charge in [-0.05, 0) is 18.8 Å². The third-order valence-electron chi connectivity index (χ3n) is 3.73. The molecule has 0 aliphatic carbocycles. The Kier molecular flexibility index (Phi) is 11.1. The molecule has 1 saturated heterocycles. The van der Waals surface area contributed by atoms with Crippen molar-refractivity contribution in [1.29, 1.82) is 0 Å². The summed E-state index contributed by atoms with van der Waals surface area (Å²) in [4.78, 5) is 33.2. The molecule has 0 radical (unpaired) electrons. The molecule has 0 spiro atoms. The van der Waals surface area contributed by atoms with Crippen LogP contribution in [-0.4, -0.2) is 37.2 Å². The van der Waals surface area contributed by atoms with E-state index in [9.17, 15) is 14.4 Å². The predicted molar refractivity (Wildman–Crippen MR) is 90.2 cm³/mol. The van der Waals surface area contributed by atoms with E-state index < -0.39 is 12.1 Å². The standard InChI is InChI=1S/C9H14O4.C9H18O2/c1-3-6(2)8(10)13-7-4-5-12-9(7)11;1-5-8(4)9(10)11-6-7(2)3/h6-7H,3-5H2,1-2H3;7-8H,5-6H2,1-4H3. The molecule has 1 fully saturated rings. The van der Waals surface area contributed by atoms with E-state index in [1.807, 2.05) is 34.6 Å². The van der Waals surface area contributed by atoms with Gasteiger partial charge in [0.25, 0.3) is 0 Å². The van der Waals surface area contributed by atoms with Crippen molar-refractivity contribution in [2.45, 2.75) is 66.9 Å². The van der Waals surface area contributed by atoms with Crippen LogP contribution in [0.3, 0.4) is 0 Å². The highest BCUT2D eigenvalue weighted by atomic mass is 16.6. The Balaban J connectivity index is 0.000000449. The fourth-order valence-corrected chi connectivity index (χ4v) is 1.57. The van der Waals surface area contributed by atoms with Gasteiger partial charge < -0.3 is 14.2 Å². The Bertz CT molecular complexity index is 404. The summed E-state index contributed by atoms with van der Waals surface area (Å²) in [5.41, 5.74) is 0. The predicted octanol–water partition coefficient (Wildman–Crippen LogP) is 3.12. The van der Waals surface area contributed by atoms with E-state index in [0.29, 0.717) is 25.6 Å². The molecule has 0 aromatic rings. The first-order valence-electron chi connectivity index (χ1n) is 8.76. The molecule has 6 nitrogen and oxygen atoms in total. The second-order valence-electron chi connectivity index (χ2n) is 6.52. The zero-order valence-corrected chi connectivity index (χ0v) is 15.8. The molecule has 0 bridgehead atoms. The summed E-state index contributed by atoms with van der Waals surface area (Å²) in [5.74, 6) is -0.464. The lowest BCUT2D eigenvalue weighted by Crippen LogP contribution is -2.25. The zero-order valence-electron chi connectivity index (χ0n) is 15.8. The van der Waals surface area contributed by atoms with Gasteiger partial charge in [0.15, 0.2) is 0 Å². The number of hydrogen-bond acceptors (Lipinski definition) is 6. The third-order valence-corrected chi connectivity index (χ3v) is 3.73. The van der Waals surface area contributed by atoms with E-state index in [4.69, 9.17) is 9.47 Å². The number of carbonyl (C=O) groups excluding carboxylic acids is 3. The molecule has 0 N–H and O–H groups in total. The largest absolute Gasteiger partial charge is 0.465 e. The average molecular weight is 344 g/mol. The van der Waals surface area contributed by atoms with Gasteiger partial charge in [0.05, 0.1) is 25.0 Å². The van der Waals surface area contributed by atoms with E-state index >= 15 is 0 Å². The first-order valence-corrected chi connectivity index (χ1v) is 8.76. The van der Waals surface area contributed by atoms with E-state index in [-0.39, 0.29) is 23.8 Å². The zero-order chi connectivity index (χ0) is 18.7. The molecular formula is C18H32O6. The Labute approximate surface area is 145 Å². The van der Waals surface area contributed by atoms with Crippen LogP contribution in [0.1, 0.15) is 60.8 Å². The number of esters is 3. The van der Waals surface area contributed by atoms with Gasteiger partial charge in [-0.2, -0.15) is 0 Å². The highest BCUT2D eigenvalue weighted by Gasteiger charge is 2.31. The number of cyclic esters (lactones) is 1. The maximum absolute atomic E-state index is 11.2. The van der Waals surface area contributed by atoms with E-state index in [0.717, 1.165) is 12.8 Å². The highest BCUT2D eigenvalue weighted by Crippen LogP contribution is 2.13. The fraction of sp³-hybridized carbons (Fsp3) is 0.833. The molecule has 0 aromatic carbocycles. The third kappa shape index (κ3) is 8.89.